The van der Waals surface area contributed by atoms with E-state index in [2.05, 4.69) is 45.0 Å². The minimum absolute atomic E-state index is 0.0799. The van der Waals surface area contributed by atoms with Gasteiger partial charge in [-0.05, 0) is 46.3 Å². The van der Waals surface area contributed by atoms with Crippen LogP contribution in [-0.4, -0.2) is 30.6 Å². The lowest BCUT2D eigenvalue weighted by molar-refractivity contribution is 0.144. The van der Waals surface area contributed by atoms with Crippen molar-refractivity contribution in [2.45, 2.75) is 52.1 Å². The lowest BCUT2D eigenvalue weighted by atomic mass is 9.97. The molecule has 0 aliphatic heterocycles. The molecule has 0 saturated heterocycles. The summed E-state index contributed by atoms with van der Waals surface area (Å²) in [6, 6.07) is 7.15. The highest BCUT2D eigenvalue weighted by atomic mass is 19.1. The molecule has 0 aromatic heterocycles. The average molecular weight is 280 g/mol. The van der Waals surface area contributed by atoms with Crippen molar-refractivity contribution >= 4 is 0 Å². The van der Waals surface area contributed by atoms with Gasteiger partial charge in [0.05, 0.1) is 0 Å². The standard InChI is InChI=1S/C17H29FN2/c1-6-17(3,4)20(5)13-12-16(19-7-2)14-10-8-9-11-15(14)18/h8-11,16,19H,6-7,12-13H2,1-5H3. The van der Waals surface area contributed by atoms with Crippen LogP contribution in [0.25, 0.3) is 0 Å². The highest BCUT2D eigenvalue weighted by molar-refractivity contribution is 5.21. The zero-order chi connectivity index (χ0) is 15.2. The Hall–Kier alpha value is -0.930. The van der Waals surface area contributed by atoms with E-state index in [4.69, 9.17) is 0 Å². The summed E-state index contributed by atoms with van der Waals surface area (Å²) < 4.78 is 13.9. The maximum Gasteiger partial charge on any atom is 0.127 e. The first-order valence-corrected chi connectivity index (χ1v) is 7.61. The summed E-state index contributed by atoms with van der Waals surface area (Å²) in [6.07, 6.45) is 2.02. The molecule has 0 heterocycles. The Labute approximate surface area is 123 Å². The molecule has 1 rings (SSSR count). The molecule has 1 N–H and O–H groups in total. The first-order valence-electron chi connectivity index (χ1n) is 7.61. The summed E-state index contributed by atoms with van der Waals surface area (Å²) in [5.41, 5.74) is 0.962. The molecule has 0 radical (unpaired) electrons. The second-order valence-electron chi connectivity index (χ2n) is 6.01. The van der Waals surface area contributed by atoms with Crippen molar-refractivity contribution in [2.75, 3.05) is 20.1 Å². The van der Waals surface area contributed by atoms with Crippen molar-refractivity contribution in [1.29, 1.82) is 0 Å². The van der Waals surface area contributed by atoms with E-state index < -0.39 is 0 Å². The molecule has 0 amide bonds. The molecule has 0 aliphatic carbocycles. The lowest BCUT2D eigenvalue weighted by Crippen LogP contribution is -2.42. The van der Waals surface area contributed by atoms with E-state index in [0.717, 1.165) is 31.5 Å². The first-order chi connectivity index (χ1) is 9.42. The zero-order valence-electron chi connectivity index (χ0n) is 13.5. The van der Waals surface area contributed by atoms with Gasteiger partial charge < -0.3 is 10.2 Å². The fraction of sp³-hybridized carbons (Fsp3) is 0.647. The van der Waals surface area contributed by atoms with Crippen molar-refractivity contribution in [3.05, 3.63) is 35.6 Å². The fourth-order valence-electron chi connectivity index (χ4n) is 2.27. The zero-order valence-corrected chi connectivity index (χ0v) is 13.5. The molecular weight excluding hydrogens is 251 g/mol. The van der Waals surface area contributed by atoms with Crippen LogP contribution >= 0.6 is 0 Å². The number of nitrogens with zero attached hydrogens (tertiary/aromatic N) is 1. The monoisotopic (exact) mass is 280 g/mol. The van der Waals surface area contributed by atoms with Crippen LogP contribution in [0, 0.1) is 5.82 Å². The second-order valence-corrected chi connectivity index (χ2v) is 6.01. The van der Waals surface area contributed by atoms with Gasteiger partial charge in [-0.3, -0.25) is 0 Å². The quantitative estimate of drug-likeness (QED) is 0.774. The Balaban J connectivity index is 2.72. The SMILES string of the molecule is CCNC(CCN(C)C(C)(C)CC)c1ccccc1F. The lowest BCUT2D eigenvalue weighted by Gasteiger charge is -2.36. The Morgan fingerprint density at radius 2 is 1.90 bits per heavy atom. The molecule has 0 aliphatic rings. The van der Waals surface area contributed by atoms with Gasteiger partial charge in [0.15, 0.2) is 0 Å². The summed E-state index contributed by atoms with van der Waals surface area (Å²) in [7, 11) is 2.15. The third-order valence-electron chi connectivity index (χ3n) is 4.38. The van der Waals surface area contributed by atoms with Gasteiger partial charge in [0.2, 0.25) is 0 Å². The minimum Gasteiger partial charge on any atom is -0.310 e. The number of halogens is 1. The first kappa shape index (κ1) is 17.1. The van der Waals surface area contributed by atoms with Crippen molar-refractivity contribution in [2.24, 2.45) is 0 Å². The average Bonchev–Trinajstić information content (AvgIpc) is 2.43. The van der Waals surface area contributed by atoms with Crippen molar-refractivity contribution in [3.63, 3.8) is 0 Å². The Morgan fingerprint density at radius 1 is 1.25 bits per heavy atom. The molecule has 114 valence electrons. The van der Waals surface area contributed by atoms with Gasteiger partial charge in [-0.25, -0.2) is 4.39 Å². The van der Waals surface area contributed by atoms with E-state index in [1.54, 1.807) is 12.1 Å². The van der Waals surface area contributed by atoms with Gasteiger partial charge in [0, 0.05) is 23.7 Å². The molecule has 20 heavy (non-hydrogen) atoms. The van der Waals surface area contributed by atoms with Crippen molar-refractivity contribution < 1.29 is 4.39 Å². The Morgan fingerprint density at radius 3 is 2.45 bits per heavy atom. The van der Waals surface area contributed by atoms with Crippen LogP contribution in [0.5, 0.6) is 0 Å². The minimum atomic E-state index is -0.115. The van der Waals surface area contributed by atoms with Crippen LogP contribution < -0.4 is 5.32 Å². The summed E-state index contributed by atoms with van der Waals surface area (Å²) in [5, 5.41) is 3.40. The third kappa shape index (κ3) is 4.57. The number of hydrogen-bond acceptors (Lipinski definition) is 2. The van der Waals surface area contributed by atoms with E-state index in [1.807, 2.05) is 12.1 Å². The molecule has 1 aromatic rings. The smallest absolute Gasteiger partial charge is 0.127 e. The molecule has 1 aromatic carbocycles. The molecule has 0 spiro atoms. The fourth-order valence-corrected chi connectivity index (χ4v) is 2.27. The number of hydrogen-bond donors (Lipinski definition) is 1. The number of benzene rings is 1. The van der Waals surface area contributed by atoms with Gasteiger partial charge in [-0.1, -0.05) is 32.0 Å². The third-order valence-corrected chi connectivity index (χ3v) is 4.38. The maximum absolute atomic E-state index is 13.9. The number of rotatable bonds is 8. The molecule has 0 saturated carbocycles. The van der Waals surface area contributed by atoms with Crippen LogP contribution in [0.3, 0.4) is 0 Å². The molecule has 0 bridgehead atoms. The van der Waals surface area contributed by atoms with Gasteiger partial charge in [0.1, 0.15) is 5.82 Å². The van der Waals surface area contributed by atoms with Crippen LogP contribution in [0.2, 0.25) is 0 Å². The van der Waals surface area contributed by atoms with Gasteiger partial charge in [-0.2, -0.15) is 0 Å². The van der Waals surface area contributed by atoms with E-state index in [9.17, 15) is 4.39 Å². The largest absolute Gasteiger partial charge is 0.310 e. The molecule has 1 atom stereocenters. The summed E-state index contributed by atoms with van der Waals surface area (Å²) >= 11 is 0. The Bertz CT molecular complexity index is 404. The van der Waals surface area contributed by atoms with Crippen molar-refractivity contribution in [1.82, 2.24) is 10.2 Å². The number of nitrogens with one attached hydrogen (secondary N) is 1. The van der Waals surface area contributed by atoms with E-state index in [-0.39, 0.29) is 17.4 Å². The predicted molar refractivity (Wildman–Crippen MR) is 84.4 cm³/mol. The normalized spacial score (nSPS) is 13.8. The van der Waals surface area contributed by atoms with Crippen LogP contribution in [0.1, 0.15) is 52.1 Å². The van der Waals surface area contributed by atoms with E-state index in [0.29, 0.717) is 0 Å². The highest BCUT2D eigenvalue weighted by Gasteiger charge is 2.22. The maximum atomic E-state index is 13.9. The molecule has 2 nitrogen and oxygen atoms in total. The summed E-state index contributed by atoms with van der Waals surface area (Å²) in [5.74, 6) is -0.115. The van der Waals surface area contributed by atoms with Crippen LogP contribution in [-0.2, 0) is 0 Å². The summed E-state index contributed by atoms with van der Waals surface area (Å²) in [4.78, 5) is 2.36. The molecular formula is C17H29FN2. The van der Waals surface area contributed by atoms with Gasteiger partial charge in [0.25, 0.3) is 0 Å². The van der Waals surface area contributed by atoms with E-state index >= 15 is 0 Å². The van der Waals surface area contributed by atoms with E-state index in [1.165, 1.54) is 0 Å². The summed E-state index contributed by atoms with van der Waals surface area (Å²) in [6.45, 7) is 10.6. The van der Waals surface area contributed by atoms with Crippen molar-refractivity contribution in [3.8, 4) is 0 Å². The Kier molecular flexibility index (Phi) is 6.63. The predicted octanol–water partition coefficient (Wildman–Crippen LogP) is 3.99. The van der Waals surface area contributed by atoms with Crippen LogP contribution in [0.15, 0.2) is 24.3 Å². The molecule has 1 unspecified atom stereocenters. The second kappa shape index (κ2) is 7.75. The van der Waals surface area contributed by atoms with Gasteiger partial charge in [-0.15, -0.1) is 0 Å². The topological polar surface area (TPSA) is 15.3 Å². The molecule has 3 heteroatoms. The van der Waals surface area contributed by atoms with Gasteiger partial charge >= 0.3 is 0 Å². The molecule has 0 fully saturated rings. The highest BCUT2D eigenvalue weighted by Crippen LogP contribution is 2.23. The van der Waals surface area contributed by atoms with Crippen LogP contribution in [0.4, 0.5) is 4.39 Å².